The first-order valence-corrected chi connectivity index (χ1v) is 11.5. The number of hydrazone groups is 1. The Kier molecular flexibility index (Phi) is 7.14. The predicted octanol–water partition coefficient (Wildman–Crippen LogP) is 3.27. The quantitative estimate of drug-likeness (QED) is 0.546. The van der Waals surface area contributed by atoms with Crippen molar-refractivity contribution in [1.29, 1.82) is 0 Å². The van der Waals surface area contributed by atoms with E-state index in [4.69, 9.17) is 24.0 Å². The largest absolute Gasteiger partial charge is 0.497 e. The second-order valence-electron chi connectivity index (χ2n) is 8.65. The average Bonchev–Trinajstić information content (AvgIpc) is 3.65. The third-order valence-corrected chi connectivity index (χ3v) is 6.35. The van der Waals surface area contributed by atoms with Gasteiger partial charge >= 0.3 is 0 Å². The SMILES string of the molecule is COc1ccc(C2=NN(C(=O)CN(C)C(=O)C3CC3)C(c3ccc(OC)c(OC)c3)C2)c(OC)c1. The third-order valence-electron chi connectivity index (χ3n) is 6.35. The Morgan fingerprint density at radius 1 is 0.943 bits per heavy atom. The van der Waals surface area contributed by atoms with Gasteiger partial charge in [-0.15, -0.1) is 0 Å². The van der Waals surface area contributed by atoms with Gasteiger partial charge in [0, 0.05) is 31.0 Å². The Bertz CT molecular complexity index is 1140. The molecular formula is C26H31N3O6. The van der Waals surface area contributed by atoms with Crippen LogP contribution >= 0.6 is 0 Å². The summed E-state index contributed by atoms with van der Waals surface area (Å²) in [7, 11) is 7.99. The van der Waals surface area contributed by atoms with Crippen molar-refractivity contribution in [2.75, 3.05) is 42.0 Å². The topological polar surface area (TPSA) is 89.9 Å². The summed E-state index contributed by atoms with van der Waals surface area (Å²) in [6.45, 7) is -0.0460. The summed E-state index contributed by atoms with van der Waals surface area (Å²) >= 11 is 0. The van der Waals surface area contributed by atoms with Crippen LogP contribution in [-0.2, 0) is 9.59 Å². The summed E-state index contributed by atoms with van der Waals surface area (Å²) < 4.78 is 21.7. The fourth-order valence-electron chi connectivity index (χ4n) is 4.25. The molecule has 4 rings (SSSR count). The molecular weight excluding hydrogens is 450 g/mol. The lowest BCUT2D eigenvalue weighted by Gasteiger charge is -2.25. The van der Waals surface area contributed by atoms with Crippen molar-refractivity contribution in [2.24, 2.45) is 11.0 Å². The van der Waals surface area contributed by atoms with Crippen LogP contribution in [0.4, 0.5) is 0 Å². The molecule has 1 saturated carbocycles. The van der Waals surface area contributed by atoms with E-state index < -0.39 is 0 Å². The minimum absolute atomic E-state index is 0.00115. The zero-order chi connectivity index (χ0) is 25.1. The van der Waals surface area contributed by atoms with Crippen LogP contribution in [0.1, 0.15) is 36.4 Å². The maximum absolute atomic E-state index is 13.4. The molecule has 35 heavy (non-hydrogen) atoms. The van der Waals surface area contributed by atoms with Crippen molar-refractivity contribution >= 4 is 17.5 Å². The molecule has 1 atom stereocenters. The number of rotatable bonds is 9. The maximum atomic E-state index is 13.4. The van der Waals surface area contributed by atoms with Gasteiger partial charge in [-0.05, 0) is 42.7 Å². The van der Waals surface area contributed by atoms with Crippen LogP contribution in [0.15, 0.2) is 41.5 Å². The van der Waals surface area contributed by atoms with Gasteiger partial charge in [-0.1, -0.05) is 6.07 Å². The maximum Gasteiger partial charge on any atom is 0.262 e. The second-order valence-corrected chi connectivity index (χ2v) is 8.65. The van der Waals surface area contributed by atoms with E-state index in [0.29, 0.717) is 35.1 Å². The summed E-state index contributed by atoms with van der Waals surface area (Å²) in [5, 5.41) is 6.19. The molecule has 186 valence electrons. The standard InChI is InChI=1S/C26H31N3O6/c1-28(26(31)16-6-7-16)15-25(30)29-21(17-8-11-22(33-3)24(12-17)35-5)14-20(27-29)19-10-9-18(32-2)13-23(19)34-4/h8-13,16,21H,6-7,14-15H2,1-5H3. The van der Waals surface area contributed by atoms with Gasteiger partial charge in [0.2, 0.25) is 5.91 Å². The number of carbonyl (C=O) groups excluding carboxylic acids is 2. The predicted molar refractivity (Wildman–Crippen MR) is 130 cm³/mol. The molecule has 0 bridgehead atoms. The molecule has 1 aliphatic heterocycles. The minimum Gasteiger partial charge on any atom is -0.497 e. The first-order chi connectivity index (χ1) is 16.9. The molecule has 2 aromatic carbocycles. The lowest BCUT2D eigenvalue weighted by Crippen LogP contribution is -2.39. The van der Waals surface area contributed by atoms with Gasteiger partial charge in [0.15, 0.2) is 11.5 Å². The second kappa shape index (κ2) is 10.2. The molecule has 2 amide bonds. The molecule has 0 spiro atoms. The molecule has 1 unspecified atom stereocenters. The van der Waals surface area contributed by atoms with Crippen LogP contribution in [0.25, 0.3) is 0 Å². The van der Waals surface area contributed by atoms with E-state index in [9.17, 15) is 9.59 Å². The van der Waals surface area contributed by atoms with E-state index in [1.807, 2.05) is 30.3 Å². The molecule has 0 N–H and O–H groups in total. The van der Waals surface area contributed by atoms with Gasteiger partial charge in [-0.3, -0.25) is 9.59 Å². The van der Waals surface area contributed by atoms with Crippen molar-refractivity contribution in [3.63, 3.8) is 0 Å². The van der Waals surface area contributed by atoms with Crippen LogP contribution in [-0.4, -0.2) is 69.5 Å². The summed E-state index contributed by atoms with van der Waals surface area (Å²) in [5.74, 6) is 2.20. The number of nitrogens with zero attached hydrogens (tertiary/aromatic N) is 3. The van der Waals surface area contributed by atoms with Gasteiger partial charge in [-0.25, -0.2) is 5.01 Å². The van der Waals surface area contributed by atoms with Crippen LogP contribution in [0.3, 0.4) is 0 Å². The fraction of sp³-hybridized carbons (Fsp3) is 0.423. The highest BCUT2D eigenvalue weighted by Gasteiger charge is 2.37. The first kappa shape index (κ1) is 24.4. The molecule has 0 saturated heterocycles. The average molecular weight is 482 g/mol. The number of methoxy groups -OCH3 is 4. The van der Waals surface area contributed by atoms with E-state index in [-0.39, 0.29) is 30.3 Å². The molecule has 1 aliphatic carbocycles. The third kappa shape index (κ3) is 5.03. The van der Waals surface area contributed by atoms with E-state index in [1.165, 1.54) is 9.91 Å². The molecule has 1 heterocycles. The number of benzene rings is 2. The van der Waals surface area contributed by atoms with Crippen LogP contribution in [0.2, 0.25) is 0 Å². The molecule has 9 nitrogen and oxygen atoms in total. The number of carbonyl (C=O) groups is 2. The highest BCUT2D eigenvalue weighted by atomic mass is 16.5. The Morgan fingerprint density at radius 3 is 2.29 bits per heavy atom. The highest BCUT2D eigenvalue weighted by Crippen LogP contribution is 2.39. The number of hydrogen-bond donors (Lipinski definition) is 0. The van der Waals surface area contributed by atoms with Crippen molar-refractivity contribution in [3.05, 3.63) is 47.5 Å². The molecule has 0 aromatic heterocycles. The molecule has 2 aromatic rings. The lowest BCUT2D eigenvalue weighted by molar-refractivity contribution is -0.141. The Labute approximate surface area is 205 Å². The van der Waals surface area contributed by atoms with Crippen molar-refractivity contribution in [3.8, 4) is 23.0 Å². The monoisotopic (exact) mass is 481 g/mol. The molecule has 2 aliphatic rings. The fourth-order valence-corrected chi connectivity index (χ4v) is 4.25. The normalized spacial score (nSPS) is 17.0. The number of hydrogen-bond acceptors (Lipinski definition) is 7. The Hall–Kier alpha value is -3.75. The molecule has 1 fully saturated rings. The van der Waals surface area contributed by atoms with Crippen LogP contribution in [0.5, 0.6) is 23.0 Å². The first-order valence-electron chi connectivity index (χ1n) is 11.5. The van der Waals surface area contributed by atoms with Gasteiger partial charge in [-0.2, -0.15) is 5.10 Å². The van der Waals surface area contributed by atoms with Gasteiger partial charge < -0.3 is 23.8 Å². The van der Waals surface area contributed by atoms with E-state index in [0.717, 1.165) is 24.0 Å². The summed E-state index contributed by atoms with van der Waals surface area (Å²) in [6, 6.07) is 10.7. The van der Waals surface area contributed by atoms with Gasteiger partial charge in [0.25, 0.3) is 5.91 Å². The Balaban J connectivity index is 1.68. The van der Waals surface area contributed by atoms with Crippen LogP contribution < -0.4 is 18.9 Å². The number of amides is 2. The smallest absolute Gasteiger partial charge is 0.262 e. The zero-order valence-corrected chi connectivity index (χ0v) is 20.7. The zero-order valence-electron chi connectivity index (χ0n) is 20.7. The van der Waals surface area contributed by atoms with E-state index in [2.05, 4.69) is 0 Å². The number of likely N-dealkylation sites (N-methyl/N-ethyl adjacent to an activating group) is 1. The summed E-state index contributed by atoms with van der Waals surface area (Å²) in [6.07, 6.45) is 2.23. The van der Waals surface area contributed by atoms with E-state index in [1.54, 1.807) is 41.6 Å². The van der Waals surface area contributed by atoms with Crippen molar-refractivity contribution in [1.82, 2.24) is 9.91 Å². The molecule has 9 heteroatoms. The van der Waals surface area contributed by atoms with Gasteiger partial charge in [0.1, 0.15) is 18.0 Å². The van der Waals surface area contributed by atoms with Crippen LogP contribution in [0, 0.1) is 5.92 Å². The minimum atomic E-state index is -0.381. The lowest BCUT2D eigenvalue weighted by atomic mass is 9.97. The number of ether oxygens (including phenoxy) is 4. The molecule has 0 radical (unpaired) electrons. The highest BCUT2D eigenvalue weighted by molar-refractivity contribution is 6.05. The van der Waals surface area contributed by atoms with E-state index >= 15 is 0 Å². The summed E-state index contributed by atoms with van der Waals surface area (Å²) in [4.78, 5) is 27.4. The Morgan fingerprint density at radius 2 is 1.66 bits per heavy atom. The van der Waals surface area contributed by atoms with Crippen molar-refractivity contribution in [2.45, 2.75) is 25.3 Å². The summed E-state index contributed by atoms with van der Waals surface area (Å²) in [5.41, 5.74) is 2.32. The van der Waals surface area contributed by atoms with Gasteiger partial charge in [0.05, 0.1) is 40.2 Å². The van der Waals surface area contributed by atoms with Crippen molar-refractivity contribution < 1.29 is 28.5 Å².